The van der Waals surface area contributed by atoms with E-state index in [0.29, 0.717) is 0 Å². The Balaban J connectivity index is 1.38. The van der Waals surface area contributed by atoms with E-state index < -0.39 is 0 Å². The molecule has 2 aromatic heterocycles. The second-order valence-electron chi connectivity index (χ2n) is 10.5. The molecule has 0 fully saturated rings. The van der Waals surface area contributed by atoms with Gasteiger partial charge in [0.25, 0.3) is 0 Å². The third kappa shape index (κ3) is 4.98. The summed E-state index contributed by atoms with van der Waals surface area (Å²) in [5.41, 5.74) is 10.6. The van der Waals surface area contributed by atoms with Gasteiger partial charge in [-0.05, 0) is 76.3 Å². The number of hydrogen-bond acceptors (Lipinski definition) is 4. The highest BCUT2D eigenvalue weighted by Gasteiger charge is 2.16. The molecule has 0 saturated carbocycles. The molecule has 1 N–H and O–H groups in total. The minimum absolute atomic E-state index is 0.238. The first-order chi connectivity index (χ1) is 20.6. The molecule has 3 nitrogen and oxygen atoms in total. The Morgan fingerprint density at radius 3 is 2.10 bits per heavy atom. The van der Waals surface area contributed by atoms with Crippen molar-refractivity contribution in [1.29, 1.82) is 0 Å². The Hall–Kier alpha value is -5.06. The summed E-state index contributed by atoms with van der Waals surface area (Å²) in [6.45, 7) is 2.24. The molecular formula is C38H28N2OS. The zero-order chi connectivity index (χ0) is 28.5. The number of thiazole rings is 1. The van der Waals surface area contributed by atoms with E-state index in [4.69, 9.17) is 9.97 Å². The van der Waals surface area contributed by atoms with Crippen LogP contribution in [0.5, 0.6) is 5.75 Å². The maximum absolute atomic E-state index is 10.5. The van der Waals surface area contributed by atoms with Crippen LogP contribution in [0, 0.1) is 0 Å². The van der Waals surface area contributed by atoms with Crippen LogP contribution in [-0.4, -0.2) is 15.1 Å². The topological polar surface area (TPSA) is 46.0 Å². The predicted molar refractivity (Wildman–Crippen MR) is 175 cm³/mol. The van der Waals surface area contributed by atoms with E-state index in [0.717, 1.165) is 54.3 Å². The van der Waals surface area contributed by atoms with Crippen molar-refractivity contribution in [3.63, 3.8) is 0 Å². The number of nitrogens with zero attached hydrogens (tertiary/aromatic N) is 2. The highest BCUT2D eigenvalue weighted by Crippen LogP contribution is 2.40. The third-order valence-corrected chi connectivity index (χ3v) is 8.84. The second kappa shape index (κ2) is 11.1. The number of benzene rings is 5. The van der Waals surface area contributed by atoms with Gasteiger partial charge in [0, 0.05) is 23.2 Å². The molecule has 5 aromatic carbocycles. The molecule has 0 amide bonds. The first kappa shape index (κ1) is 25.9. The van der Waals surface area contributed by atoms with Gasteiger partial charge in [-0.15, -0.1) is 11.3 Å². The third-order valence-electron chi connectivity index (χ3n) is 7.78. The van der Waals surface area contributed by atoms with Crippen LogP contribution in [0.2, 0.25) is 0 Å². The van der Waals surface area contributed by atoms with Crippen LogP contribution >= 0.6 is 11.3 Å². The molecule has 0 spiro atoms. The monoisotopic (exact) mass is 560 g/mol. The summed E-state index contributed by atoms with van der Waals surface area (Å²) in [5.74, 6) is 0.489. The van der Waals surface area contributed by atoms with Crippen LogP contribution in [0.3, 0.4) is 0 Å². The van der Waals surface area contributed by atoms with Crippen molar-refractivity contribution in [3.8, 4) is 49.8 Å². The van der Waals surface area contributed by atoms with E-state index in [2.05, 4.69) is 110 Å². The van der Waals surface area contributed by atoms with Crippen LogP contribution in [0.1, 0.15) is 24.0 Å². The van der Waals surface area contributed by atoms with Gasteiger partial charge in [-0.3, -0.25) is 4.98 Å². The number of pyridine rings is 1. The fourth-order valence-electron chi connectivity index (χ4n) is 5.49. The summed E-state index contributed by atoms with van der Waals surface area (Å²) < 4.78 is 1.08. The normalized spacial score (nSPS) is 11.9. The minimum atomic E-state index is 0.238. The van der Waals surface area contributed by atoms with Crippen molar-refractivity contribution >= 4 is 21.6 Å². The number of fused-ring (bicyclic) bond motifs is 1. The van der Waals surface area contributed by atoms with Gasteiger partial charge < -0.3 is 5.11 Å². The van der Waals surface area contributed by atoms with Gasteiger partial charge in [0.15, 0.2) is 0 Å². The number of aromatic nitrogens is 2. The number of rotatable bonds is 6. The Morgan fingerprint density at radius 1 is 0.595 bits per heavy atom. The van der Waals surface area contributed by atoms with E-state index in [-0.39, 0.29) is 11.7 Å². The van der Waals surface area contributed by atoms with Crippen molar-refractivity contribution in [2.75, 3.05) is 0 Å². The molecule has 4 heteroatoms. The molecule has 0 saturated heterocycles. The molecule has 0 aliphatic heterocycles. The maximum Gasteiger partial charge on any atom is 0.128 e. The molecule has 0 radical (unpaired) electrons. The standard InChI is InChI=1S/C38H28N2OS/c1-25(26-11-4-2-5-12-26)28-19-20-39-34(24-28)31-22-29(27-13-6-3-7-14-27)21-30(23-31)32-16-10-18-36-37(32)40-38(42-36)33-15-8-9-17-35(33)41/h2-25,41H,1H3. The van der Waals surface area contributed by atoms with E-state index in [9.17, 15) is 5.11 Å². The molecule has 0 bridgehead atoms. The molecule has 202 valence electrons. The first-order valence-electron chi connectivity index (χ1n) is 14.0. The van der Waals surface area contributed by atoms with Crippen LogP contribution in [0.15, 0.2) is 140 Å². The number of aromatic hydroxyl groups is 1. The number of phenolic OH excluding ortho intramolecular Hbond substituents is 1. The van der Waals surface area contributed by atoms with Gasteiger partial charge >= 0.3 is 0 Å². The predicted octanol–water partition coefficient (Wildman–Crippen LogP) is 10.2. The quantitative estimate of drug-likeness (QED) is 0.220. The van der Waals surface area contributed by atoms with Crippen molar-refractivity contribution < 1.29 is 5.11 Å². The summed E-state index contributed by atoms with van der Waals surface area (Å²) in [6.07, 6.45) is 1.92. The molecule has 0 aliphatic carbocycles. The van der Waals surface area contributed by atoms with Crippen LogP contribution in [0.4, 0.5) is 0 Å². The second-order valence-corrected chi connectivity index (χ2v) is 11.5. The Kier molecular flexibility index (Phi) is 6.82. The molecule has 42 heavy (non-hydrogen) atoms. The summed E-state index contributed by atoms with van der Waals surface area (Å²) in [5, 5.41) is 11.3. The zero-order valence-corrected chi connectivity index (χ0v) is 23.9. The van der Waals surface area contributed by atoms with Gasteiger partial charge in [-0.2, -0.15) is 0 Å². The molecule has 1 unspecified atom stereocenters. The van der Waals surface area contributed by atoms with Gasteiger partial charge in [-0.25, -0.2) is 4.98 Å². The summed E-state index contributed by atoms with van der Waals surface area (Å²) in [6, 6.07) is 45.8. The van der Waals surface area contributed by atoms with E-state index in [1.807, 2.05) is 30.5 Å². The number of hydrogen-bond donors (Lipinski definition) is 1. The van der Waals surface area contributed by atoms with E-state index >= 15 is 0 Å². The SMILES string of the molecule is CC(c1ccccc1)c1ccnc(-c2cc(-c3ccccc3)cc(-c3cccc4sc(-c5ccccc5O)nc34)c2)c1. The van der Waals surface area contributed by atoms with Gasteiger partial charge in [0.2, 0.25) is 0 Å². The van der Waals surface area contributed by atoms with E-state index in [1.54, 1.807) is 17.4 Å². The molecule has 7 aromatic rings. The first-order valence-corrected chi connectivity index (χ1v) is 14.9. The van der Waals surface area contributed by atoms with Gasteiger partial charge in [-0.1, -0.05) is 91.9 Å². The highest BCUT2D eigenvalue weighted by atomic mass is 32.1. The van der Waals surface area contributed by atoms with Crippen molar-refractivity contribution in [1.82, 2.24) is 9.97 Å². The summed E-state index contributed by atoms with van der Waals surface area (Å²) in [4.78, 5) is 9.87. The lowest BCUT2D eigenvalue weighted by Crippen LogP contribution is -1.97. The zero-order valence-electron chi connectivity index (χ0n) is 23.1. The lowest BCUT2D eigenvalue weighted by atomic mass is 9.91. The smallest absolute Gasteiger partial charge is 0.128 e. The Bertz CT molecular complexity index is 2010. The molecule has 0 aliphatic rings. The van der Waals surface area contributed by atoms with Crippen LogP contribution < -0.4 is 0 Å². The average molecular weight is 561 g/mol. The molecule has 2 heterocycles. The lowest BCUT2D eigenvalue weighted by Gasteiger charge is -2.15. The van der Waals surface area contributed by atoms with Gasteiger partial charge in [0.05, 0.1) is 21.5 Å². The number of phenols is 1. The fraction of sp³-hybridized carbons (Fsp3) is 0.0526. The molecule has 7 rings (SSSR count). The van der Waals surface area contributed by atoms with Crippen molar-refractivity contribution in [2.24, 2.45) is 0 Å². The van der Waals surface area contributed by atoms with Crippen molar-refractivity contribution in [2.45, 2.75) is 12.8 Å². The van der Waals surface area contributed by atoms with E-state index in [1.165, 1.54) is 11.1 Å². The number of para-hydroxylation sites is 2. The molecule has 1 atom stereocenters. The summed E-state index contributed by atoms with van der Waals surface area (Å²) in [7, 11) is 0. The Morgan fingerprint density at radius 2 is 1.29 bits per heavy atom. The Labute approximate surface area is 249 Å². The average Bonchev–Trinajstić information content (AvgIpc) is 3.50. The van der Waals surface area contributed by atoms with Crippen LogP contribution in [0.25, 0.3) is 54.3 Å². The van der Waals surface area contributed by atoms with Crippen molar-refractivity contribution in [3.05, 3.63) is 151 Å². The summed E-state index contributed by atoms with van der Waals surface area (Å²) >= 11 is 1.59. The highest BCUT2D eigenvalue weighted by molar-refractivity contribution is 7.21. The maximum atomic E-state index is 10.5. The van der Waals surface area contributed by atoms with Gasteiger partial charge in [0.1, 0.15) is 10.8 Å². The van der Waals surface area contributed by atoms with Crippen LogP contribution in [-0.2, 0) is 0 Å². The largest absolute Gasteiger partial charge is 0.507 e. The lowest BCUT2D eigenvalue weighted by molar-refractivity contribution is 0.477. The minimum Gasteiger partial charge on any atom is -0.507 e. The fourth-order valence-corrected chi connectivity index (χ4v) is 6.51. The molecular weight excluding hydrogens is 532 g/mol.